The van der Waals surface area contributed by atoms with Crippen LogP contribution in [-0.2, 0) is 13.7 Å². The molecule has 1 aromatic carbocycles. The van der Waals surface area contributed by atoms with E-state index in [9.17, 15) is 4.79 Å². The quantitative estimate of drug-likeness (QED) is 0.796. The van der Waals surface area contributed by atoms with E-state index in [0.29, 0.717) is 28.0 Å². The summed E-state index contributed by atoms with van der Waals surface area (Å²) in [6.45, 7) is 1.71. The van der Waals surface area contributed by atoms with Gasteiger partial charge in [0.2, 0.25) is 0 Å². The van der Waals surface area contributed by atoms with Crippen LogP contribution < -0.4 is 9.47 Å². The Morgan fingerprint density at radius 1 is 1.45 bits per heavy atom. The summed E-state index contributed by atoms with van der Waals surface area (Å²) in [5.41, 5.74) is 0.506. The van der Waals surface area contributed by atoms with E-state index in [2.05, 4.69) is 4.98 Å². The molecular formula is C14H15ClN2O3. The molecule has 5 nitrogen and oxygen atoms in total. The average molecular weight is 295 g/mol. The molecule has 6 heteroatoms. The molecule has 1 aromatic heterocycles. The maximum absolute atomic E-state index is 11.6. The number of ether oxygens (including phenoxy) is 2. The first-order chi connectivity index (χ1) is 9.52. The van der Waals surface area contributed by atoms with Gasteiger partial charge in [0.15, 0.2) is 5.78 Å². The Labute approximate surface area is 122 Å². The van der Waals surface area contributed by atoms with Crippen molar-refractivity contribution in [2.45, 2.75) is 13.5 Å². The summed E-state index contributed by atoms with van der Waals surface area (Å²) in [7, 11) is 3.36. The standard InChI is InChI=1S/C14H15ClN2O3/c1-9(18)11-5-4-10(19-3)6-12(11)20-8-14-16-7-13(15)17(14)2/h4-7H,8H2,1-3H3. The molecule has 0 unspecified atom stereocenters. The van der Waals surface area contributed by atoms with E-state index in [1.54, 1.807) is 43.1 Å². The number of hydrogen-bond donors (Lipinski definition) is 0. The lowest BCUT2D eigenvalue weighted by molar-refractivity contribution is 0.101. The first-order valence-electron chi connectivity index (χ1n) is 6.00. The van der Waals surface area contributed by atoms with Crippen LogP contribution in [0.1, 0.15) is 23.1 Å². The number of ketones is 1. The molecule has 2 aromatic rings. The smallest absolute Gasteiger partial charge is 0.163 e. The van der Waals surface area contributed by atoms with Crippen LogP contribution in [0.4, 0.5) is 0 Å². The second-order valence-corrected chi connectivity index (χ2v) is 4.65. The van der Waals surface area contributed by atoms with Crippen molar-refractivity contribution >= 4 is 17.4 Å². The van der Waals surface area contributed by atoms with Gasteiger partial charge in [0.05, 0.1) is 18.9 Å². The topological polar surface area (TPSA) is 53.4 Å². The van der Waals surface area contributed by atoms with Crippen LogP contribution in [0.2, 0.25) is 5.15 Å². The van der Waals surface area contributed by atoms with E-state index in [4.69, 9.17) is 21.1 Å². The first kappa shape index (κ1) is 14.4. The van der Waals surface area contributed by atoms with Crippen molar-refractivity contribution in [3.63, 3.8) is 0 Å². The lowest BCUT2D eigenvalue weighted by atomic mass is 10.1. The van der Waals surface area contributed by atoms with Gasteiger partial charge in [-0.25, -0.2) is 4.98 Å². The third-order valence-corrected chi connectivity index (χ3v) is 3.30. The minimum Gasteiger partial charge on any atom is -0.497 e. The van der Waals surface area contributed by atoms with Crippen LogP contribution in [0.25, 0.3) is 0 Å². The van der Waals surface area contributed by atoms with Gasteiger partial charge in [-0.1, -0.05) is 11.6 Å². The fraction of sp³-hybridized carbons (Fsp3) is 0.286. The molecule has 0 bridgehead atoms. The third kappa shape index (κ3) is 2.93. The number of Topliss-reactive ketones (excluding diaryl/α,β-unsaturated/α-hetero) is 1. The molecule has 1 heterocycles. The number of carbonyl (C=O) groups is 1. The number of imidazole rings is 1. The number of nitrogens with zero attached hydrogens (tertiary/aromatic N) is 2. The molecule has 0 radical (unpaired) electrons. The Morgan fingerprint density at radius 2 is 2.20 bits per heavy atom. The number of aromatic nitrogens is 2. The van der Waals surface area contributed by atoms with Crippen molar-refractivity contribution in [1.29, 1.82) is 0 Å². The van der Waals surface area contributed by atoms with E-state index in [1.165, 1.54) is 6.92 Å². The zero-order chi connectivity index (χ0) is 14.7. The highest BCUT2D eigenvalue weighted by atomic mass is 35.5. The summed E-state index contributed by atoms with van der Waals surface area (Å²) < 4.78 is 12.5. The Bertz CT molecular complexity index is 637. The summed E-state index contributed by atoms with van der Waals surface area (Å²) in [4.78, 5) is 15.7. The number of hydrogen-bond acceptors (Lipinski definition) is 4. The van der Waals surface area contributed by atoms with Crippen LogP contribution in [0.15, 0.2) is 24.4 Å². The number of halogens is 1. The Morgan fingerprint density at radius 3 is 2.75 bits per heavy atom. The van der Waals surface area contributed by atoms with Gasteiger partial charge in [0.25, 0.3) is 0 Å². The third-order valence-electron chi connectivity index (χ3n) is 2.95. The van der Waals surface area contributed by atoms with Crippen molar-refractivity contribution in [1.82, 2.24) is 9.55 Å². The highest BCUT2D eigenvalue weighted by molar-refractivity contribution is 6.29. The van der Waals surface area contributed by atoms with Crippen LogP contribution >= 0.6 is 11.6 Å². The predicted octanol–water partition coefficient (Wildman–Crippen LogP) is 2.86. The van der Waals surface area contributed by atoms with E-state index < -0.39 is 0 Å². The molecule has 106 valence electrons. The maximum Gasteiger partial charge on any atom is 0.163 e. The summed E-state index contributed by atoms with van der Waals surface area (Å²) in [6, 6.07) is 5.09. The average Bonchev–Trinajstić information content (AvgIpc) is 2.76. The van der Waals surface area contributed by atoms with Gasteiger partial charge in [-0.15, -0.1) is 0 Å². The molecular weight excluding hydrogens is 280 g/mol. The van der Waals surface area contributed by atoms with Gasteiger partial charge >= 0.3 is 0 Å². The molecule has 0 atom stereocenters. The molecule has 0 aliphatic rings. The first-order valence-corrected chi connectivity index (χ1v) is 6.38. The van der Waals surface area contributed by atoms with Gasteiger partial charge < -0.3 is 14.0 Å². The van der Waals surface area contributed by atoms with Crippen molar-refractivity contribution in [3.05, 3.63) is 40.9 Å². The fourth-order valence-corrected chi connectivity index (χ4v) is 1.89. The number of carbonyl (C=O) groups excluding carboxylic acids is 1. The fourth-order valence-electron chi connectivity index (χ4n) is 1.74. The molecule has 0 fully saturated rings. The van der Waals surface area contributed by atoms with Gasteiger partial charge in [0.1, 0.15) is 29.1 Å². The molecule has 0 aliphatic carbocycles. The molecule has 2 rings (SSSR count). The molecule has 0 saturated heterocycles. The summed E-state index contributed by atoms with van der Waals surface area (Å²) in [5, 5.41) is 0.529. The number of methoxy groups -OCH3 is 1. The normalized spacial score (nSPS) is 10.4. The van der Waals surface area contributed by atoms with Crippen molar-refractivity contribution in [2.75, 3.05) is 7.11 Å². The molecule has 0 aliphatic heterocycles. The highest BCUT2D eigenvalue weighted by Crippen LogP contribution is 2.26. The monoisotopic (exact) mass is 294 g/mol. The van der Waals surface area contributed by atoms with E-state index >= 15 is 0 Å². The minimum absolute atomic E-state index is 0.0690. The van der Waals surface area contributed by atoms with Gasteiger partial charge in [-0.3, -0.25) is 4.79 Å². The van der Waals surface area contributed by atoms with Crippen molar-refractivity contribution < 1.29 is 14.3 Å². The molecule has 0 spiro atoms. The Balaban J connectivity index is 2.23. The zero-order valence-electron chi connectivity index (χ0n) is 11.5. The lowest BCUT2D eigenvalue weighted by Crippen LogP contribution is -2.06. The lowest BCUT2D eigenvalue weighted by Gasteiger charge is -2.11. The van der Waals surface area contributed by atoms with Gasteiger partial charge in [0, 0.05) is 13.1 Å². The van der Waals surface area contributed by atoms with Crippen LogP contribution in [-0.4, -0.2) is 22.4 Å². The molecule has 0 amide bonds. The highest BCUT2D eigenvalue weighted by Gasteiger charge is 2.12. The van der Waals surface area contributed by atoms with E-state index in [0.717, 1.165) is 0 Å². The number of benzene rings is 1. The number of rotatable bonds is 5. The molecule has 0 N–H and O–H groups in total. The van der Waals surface area contributed by atoms with Crippen molar-refractivity contribution in [3.8, 4) is 11.5 Å². The maximum atomic E-state index is 11.6. The molecule has 0 saturated carbocycles. The van der Waals surface area contributed by atoms with E-state index in [-0.39, 0.29) is 12.4 Å². The predicted molar refractivity (Wildman–Crippen MR) is 75.5 cm³/mol. The Hall–Kier alpha value is -2.01. The zero-order valence-corrected chi connectivity index (χ0v) is 12.3. The van der Waals surface area contributed by atoms with Crippen LogP contribution in [0.5, 0.6) is 11.5 Å². The second kappa shape index (κ2) is 5.96. The summed E-state index contributed by atoms with van der Waals surface area (Å²) in [5.74, 6) is 1.70. The van der Waals surface area contributed by atoms with Crippen molar-refractivity contribution in [2.24, 2.45) is 7.05 Å². The SMILES string of the molecule is COc1ccc(C(C)=O)c(OCc2ncc(Cl)n2C)c1. The van der Waals surface area contributed by atoms with Crippen LogP contribution in [0.3, 0.4) is 0 Å². The van der Waals surface area contributed by atoms with Gasteiger partial charge in [-0.05, 0) is 19.1 Å². The molecule has 20 heavy (non-hydrogen) atoms. The summed E-state index contributed by atoms with van der Waals surface area (Å²) >= 11 is 5.91. The Kier molecular flexibility index (Phi) is 4.29. The van der Waals surface area contributed by atoms with Gasteiger partial charge in [-0.2, -0.15) is 0 Å². The van der Waals surface area contributed by atoms with Crippen LogP contribution in [0, 0.1) is 0 Å². The minimum atomic E-state index is -0.0690. The largest absolute Gasteiger partial charge is 0.497 e. The summed E-state index contributed by atoms with van der Waals surface area (Å²) in [6.07, 6.45) is 1.55. The van der Waals surface area contributed by atoms with E-state index in [1.807, 2.05) is 0 Å². The second-order valence-electron chi connectivity index (χ2n) is 4.26.